The van der Waals surface area contributed by atoms with Crippen LogP contribution in [0.25, 0.3) is 0 Å². The Hall–Kier alpha value is -2.70. The van der Waals surface area contributed by atoms with Crippen LogP contribution in [0.2, 0.25) is 0 Å². The fourth-order valence-electron chi connectivity index (χ4n) is 6.08. The molecule has 0 aromatic carbocycles. The number of aliphatic hydroxyl groups excluding tert-OH is 2. The Balaban J connectivity index is 4.67. The maximum Gasteiger partial charge on any atom is 0.306 e. The van der Waals surface area contributed by atoms with E-state index >= 15 is 0 Å². The van der Waals surface area contributed by atoms with Gasteiger partial charge in [0.2, 0.25) is 5.91 Å². The second-order valence-electron chi connectivity index (χ2n) is 14.5. The molecule has 0 aliphatic heterocycles. The molecule has 304 valence electrons. The van der Waals surface area contributed by atoms with Crippen LogP contribution in [0.15, 0.2) is 72.9 Å². The normalized spacial score (nSPS) is 14.1. The molecule has 0 aromatic heterocycles. The molecule has 0 aromatic rings. The van der Waals surface area contributed by atoms with E-state index in [9.17, 15) is 19.8 Å². The quantitative estimate of drug-likeness (QED) is 0.0255. The Morgan fingerprint density at radius 2 is 1.06 bits per heavy atom. The number of carbonyl (C=O) groups is 2. The highest BCUT2D eigenvalue weighted by Crippen LogP contribution is 2.16. The monoisotopic (exact) mass is 740 g/mol. The minimum Gasteiger partial charge on any atom is -0.462 e. The standard InChI is InChI=1S/C47H81NO5/c1-4-7-10-13-16-19-21-22-23-24-25-28-31-34-37-40-47(52)53-43(38-35-32-29-26-18-15-12-9-6-3)41-46(51)48-44(42-49)45(50)39-36-33-30-27-20-17-14-11-8-5-2/h7,10,13,15-16,18-19,21-25,43-45,49-50H,4-6,8-9,11-12,14,17,20,26-42H2,1-3H3,(H,48,51)/b10-7+,16-13+,18-15-,21-19-,23-22-,25-24+. The van der Waals surface area contributed by atoms with E-state index in [0.29, 0.717) is 19.3 Å². The summed E-state index contributed by atoms with van der Waals surface area (Å²) >= 11 is 0. The van der Waals surface area contributed by atoms with Crippen LogP contribution in [0.1, 0.15) is 188 Å². The van der Waals surface area contributed by atoms with Crippen LogP contribution in [0, 0.1) is 0 Å². The third-order valence-electron chi connectivity index (χ3n) is 9.40. The van der Waals surface area contributed by atoms with Gasteiger partial charge in [0.1, 0.15) is 6.10 Å². The Kier molecular flexibility index (Phi) is 38.4. The average molecular weight is 740 g/mol. The molecule has 3 N–H and O–H groups in total. The molecule has 3 unspecified atom stereocenters. The number of hydrogen-bond acceptors (Lipinski definition) is 5. The number of esters is 1. The molecule has 6 heteroatoms. The van der Waals surface area contributed by atoms with Gasteiger partial charge < -0.3 is 20.3 Å². The highest BCUT2D eigenvalue weighted by atomic mass is 16.5. The van der Waals surface area contributed by atoms with Gasteiger partial charge in [0.05, 0.1) is 25.2 Å². The average Bonchev–Trinajstić information content (AvgIpc) is 3.15. The second-order valence-corrected chi connectivity index (χ2v) is 14.5. The highest BCUT2D eigenvalue weighted by Gasteiger charge is 2.24. The van der Waals surface area contributed by atoms with Gasteiger partial charge in [-0.25, -0.2) is 0 Å². The zero-order valence-electron chi connectivity index (χ0n) is 34.4. The predicted molar refractivity (Wildman–Crippen MR) is 227 cm³/mol. The van der Waals surface area contributed by atoms with Crippen molar-refractivity contribution in [3.05, 3.63) is 72.9 Å². The summed E-state index contributed by atoms with van der Waals surface area (Å²) in [5, 5.41) is 23.5. The van der Waals surface area contributed by atoms with Gasteiger partial charge in [-0.3, -0.25) is 9.59 Å². The molecule has 53 heavy (non-hydrogen) atoms. The summed E-state index contributed by atoms with van der Waals surface area (Å²) in [6, 6.07) is -0.715. The fourth-order valence-corrected chi connectivity index (χ4v) is 6.08. The van der Waals surface area contributed by atoms with Gasteiger partial charge in [0, 0.05) is 6.42 Å². The van der Waals surface area contributed by atoms with Crippen LogP contribution in [-0.2, 0) is 14.3 Å². The number of ether oxygens (including phenoxy) is 1. The molecular weight excluding hydrogens is 659 g/mol. The molecule has 0 heterocycles. The van der Waals surface area contributed by atoms with Crippen LogP contribution in [0.4, 0.5) is 0 Å². The Bertz CT molecular complexity index is 1010. The van der Waals surface area contributed by atoms with Crippen LogP contribution in [-0.4, -0.2) is 46.9 Å². The molecule has 0 bridgehead atoms. The summed E-state index contributed by atoms with van der Waals surface area (Å²) in [4.78, 5) is 25.9. The number of aliphatic hydroxyl groups is 2. The molecule has 6 nitrogen and oxygen atoms in total. The first-order chi connectivity index (χ1) is 26.0. The summed E-state index contributed by atoms with van der Waals surface area (Å²) < 4.78 is 5.85. The summed E-state index contributed by atoms with van der Waals surface area (Å²) in [6.45, 7) is 6.24. The van der Waals surface area contributed by atoms with Crippen LogP contribution >= 0.6 is 0 Å². The van der Waals surface area contributed by atoms with E-state index in [1.165, 1.54) is 57.8 Å². The van der Waals surface area contributed by atoms with E-state index < -0.39 is 18.2 Å². The number of rotatable bonds is 37. The molecule has 0 aliphatic carbocycles. The SMILES string of the molecule is CC/C=C/C=C/C=C\C=C/C=C/CCCCCC(=O)OC(CCCCC/C=C\CCCC)CC(=O)NC(CO)C(O)CCCCCCCCCCCC. The van der Waals surface area contributed by atoms with Crippen molar-refractivity contribution in [2.45, 2.75) is 206 Å². The predicted octanol–water partition coefficient (Wildman–Crippen LogP) is 12.3. The maximum absolute atomic E-state index is 13.1. The Labute approximate surface area is 326 Å². The van der Waals surface area contributed by atoms with Gasteiger partial charge in [0.25, 0.3) is 0 Å². The number of carbonyl (C=O) groups excluding carboxylic acids is 2. The van der Waals surface area contributed by atoms with Crippen molar-refractivity contribution in [2.24, 2.45) is 0 Å². The topological polar surface area (TPSA) is 95.9 Å². The second kappa shape index (κ2) is 40.5. The van der Waals surface area contributed by atoms with Gasteiger partial charge in [-0.05, 0) is 64.2 Å². The molecule has 1 amide bonds. The molecule has 0 radical (unpaired) electrons. The zero-order chi connectivity index (χ0) is 38.9. The minimum absolute atomic E-state index is 0.0455. The van der Waals surface area contributed by atoms with Crippen molar-refractivity contribution < 1.29 is 24.5 Å². The largest absolute Gasteiger partial charge is 0.462 e. The van der Waals surface area contributed by atoms with Crippen molar-refractivity contribution in [3.8, 4) is 0 Å². The molecule has 0 aliphatic rings. The third-order valence-corrected chi connectivity index (χ3v) is 9.40. The van der Waals surface area contributed by atoms with Gasteiger partial charge in [-0.2, -0.15) is 0 Å². The maximum atomic E-state index is 13.1. The summed E-state index contributed by atoms with van der Waals surface area (Å²) in [7, 11) is 0. The van der Waals surface area contributed by atoms with Crippen LogP contribution in [0.5, 0.6) is 0 Å². The molecule has 0 saturated carbocycles. The lowest BCUT2D eigenvalue weighted by Crippen LogP contribution is -2.46. The summed E-state index contributed by atoms with van der Waals surface area (Å²) in [5.74, 6) is -0.550. The van der Waals surface area contributed by atoms with E-state index in [0.717, 1.165) is 83.5 Å². The van der Waals surface area contributed by atoms with Crippen molar-refractivity contribution in [1.82, 2.24) is 5.32 Å². The number of hydrogen-bond donors (Lipinski definition) is 3. The third kappa shape index (κ3) is 36.1. The molecule has 0 spiro atoms. The Morgan fingerprint density at radius 3 is 1.66 bits per heavy atom. The summed E-state index contributed by atoms with van der Waals surface area (Å²) in [5.41, 5.74) is 0. The first-order valence-corrected chi connectivity index (χ1v) is 21.7. The lowest BCUT2D eigenvalue weighted by molar-refractivity contribution is -0.151. The molecule has 0 rings (SSSR count). The smallest absolute Gasteiger partial charge is 0.306 e. The number of unbranched alkanes of at least 4 members (excludes halogenated alkanes) is 17. The number of amides is 1. The molecule has 0 fully saturated rings. The highest BCUT2D eigenvalue weighted by molar-refractivity contribution is 5.77. The van der Waals surface area contributed by atoms with Crippen LogP contribution in [0.3, 0.4) is 0 Å². The zero-order valence-corrected chi connectivity index (χ0v) is 34.4. The fraction of sp³-hybridized carbons (Fsp3) is 0.702. The number of allylic oxidation sites excluding steroid dienone is 12. The van der Waals surface area contributed by atoms with Gasteiger partial charge in [-0.1, -0.05) is 184 Å². The van der Waals surface area contributed by atoms with Crippen molar-refractivity contribution in [3.63, 3.8) is 0 Å². The van der Waals surface area contributed by atoms with E-state index in [2.05, 4.69) is 56.5 Å². The van der Waals surface area contributed by atoms with E-state index in [1.54, 1.807) is 0 Å². The van der Waals surface area contributed by atoms with Gasteiger partial charge in [-0.15, -0.1) is 0 Å². The number of nitrogens with one attached hydrogen (secondary N) is 1. The first kappa shape index (κ1) is 50.3. The van der Waals surface area contributed by atoms with Crippen molar-refractivity contribution >= 4 is 11.9 Å². The molecule has 3 atom stereocenters. The summed E-state index contributed by atoms with van der Waals surface area (Å²) in [6.07, 6.45) is 49.6. The van der Waals surface area contributed by atoms with Crippen molar-refractivity contribution in [2.75, 3.05) is 6.61 Å². The van der Waals surface area contributed by atoms with Gasteiger partial charge >= 0.3 is 5.97 Å². The first-order valence-electron chi connectivity index (χ1n) is 21.7. The lowest BCUT2D eigenvalue weighted by atomic mass is 10.0. The van der Waals surface area contributed by atoms with Crippen molar-refractivity contribution in [1.29, 1.82) is 0 Å². The van der Waals surface area contributed by atoms with E-state index in [4.69, 9.17) is 4.74 Å². The lowest BCUT2D eigenvalue weighted by Gasteiger charge is -2.24. The van der Waals surface area contributed by atoms with E-state index in [1.807, 2.05) is 42.5 Å². The van der Waals surface area contributed by atoms with E-state index in [-0.39, 0.29) is 24.9 Å². The van der Waals surface area contributed by atoms with Gasteiger partial charge in [0.15, 0.2) is 0 Å². The molecular formula is C47H81NO5. The van der Waals surface area contributed by atoms with Crippen LogP contribution < -0.4 is 5.32 Å². The molecule has 0 saturated heterocycles. The minimum atomic E-state index is -0.799. The Morgan fingerprint density at radius 1 is 0.566 bits per heavy atom.